The topological polar surface area (TPSA) is 137 Å². The molecule has 0 saturated carbocycles. The molecule has 29 heavy (non-hydrogen) atoms. The predicted molar refractivity (Wildman–Crippen MR) is 106 cm³/mol. The number of nitrogens with one attached hydrogen (secondary N) is 2. The van der Waals surface area contributed by atoms with E-state index in [1.807, 2.05) is 12.1 Å². The van der Waals surface area contributed by atoms with Gasteiger partial charge >= 0.3 is 12.1 Å². The maximum Gasteiger partial charge on any atom is 0.408 e. The molecule has 0 bridgehead atoms. The van der Waals surface area contributed by atoms with Gasteiger partial charge in [-0.05, 0) is 17.5 Å². The number of sulfonamides is 1. The Labute approximate surface area is 169 Å². The average molecular weight is 421 g/mol. The van der Waals surface area contributed by atoms with Crippen molar-refractivity contribution < 1.29 is 27.5 Å². The Bertz CT molecular complexity index is 891. The zero-order valence-corrected chi connectivity index (χ0v) is 16.4. The molecule has 0 aliphatic carbocycles. The number of amides is 1. The van der Waals surface area contributed by atoms with Gasteiger partial charge in [-0.2, -0.15) is 4.83 Å². The quantitative estimate of drug-likeness (QED) is 0.298. The lowest BCUT2D eigenvalue weighted by molar-refractivity contribution is -0.147. The molecular formula is C19H23N3O6S. The van der Waals surface area contributed by atoms with Gasteiger partial charge in [0.15, 0.2) is 0 Å². The van der Waals surface area contributed by atoms with Gasteiger partial charge in [0, 0.05) is 0 Å². The number of rotatable bonds is 10. The summed E-state index contributed by atoms with van der Waals surface area (Å²) in [5, 5.41) is 2.35. The van der Waals surface area contributed by atoms with Crippen LogP contribution in [0.4, 0.5) is 4.79 Å². The molecule has 1 amide bonds. The van der Waals surface area contributed by atoms with Gasteiger partial charge in [-0.1, -0.05) is 60.7 Å². The van der Waals surface area contributed by atoms with Crippen LogP contribution in [0, 0.1) is 0 Å². The summed E-state index contributed by atoms with van der Waals surface area (Å²) in [7, 11) is -3.78. The molecule has 0 aliphatic rings. The molecule has 1 atom stereocenters. The lowest BCUT2D eigenvalue weighted by Gasteiger charge is -2.17. The number of esters is 1. The summed E-state index contributed by atoms with van der Waals surface area (Å²) in [6.07, 6.45) is -1.10. The molecule has 0 aliphatic heterocycles. The molecule has 0 spiro atoms. The number of carbonyl (C=O) groups is 2. The van der Waals surface area contributed by atoms with Gasteiger partial charge in [0.25, 0.3) is 0 Å². The van der Waals surface area contributed by atoms with Crippen molar-refractivity contribution in [3.05, 3.63) is 71.8 Å². The van der Waals surface area contributed by atoms with E-state index in [0.29, 0.717) is 0 Å². The van der Waals surface area contributed by atoms with Crippen molar-refractivity contribution in [2.45, 2.75) is 25.7 Å². The Hall–Kier alpha value is -2.95. The first-order valence-electron chi connectivity index (χ1n) is 8.77. The molecule has 2 rings (SSSR count). The molecule has 9 nitrogen and oxygen atoms in total. The Morgan fingerprint density at radius 3 is 1.93 bits per heavy atom. The van der Waals surface area contributed by atoms with Crippen molar-refractivity contribution in [2.75, 3.05) is 5.75 Å². The zero-order chi connectivity index (χ0) is 21.1. The summed E-state index contributed by atoms with van der Waals surface area (Å²) < 4.78 is 33.4. The number of nitrogens with two attached hydrogens (primary N) is 1. The Balaban J connectivity index is 1.95. The second kappa shape index (κ2) is 11.1. The SMILES string of the molecule is NNS(=O)(=O)CCC(NC(=O)OCc1ccccc1)C(=O)OCc1ccccc1. The molecule has 1 unspecified atom stereocenters. The normalized spacial score (nSPS) is 12.0. The van der Waals surface area contributed by atoms with E-state index in [1.54, 1.807) is 53.4 Å². The fourth-order valence-electron chi connectivity index (χ4n) is 2.32. The highest BCUT2D eigenvalue weighted by Crippen LogP contribution is 2.06. The van der Waals surface area contributed by atoms with Crippen molar-refractivity contribution in [3.8, 4) is 0 Å². The number of alkyl carbamates (subject to hydrolysis) is 1. The molecule has 0 aromatic heterocycles. The highest BCUT2D eigenvalue weighted by Gasteiger charge is 2.25. The minimum Gasteiger partial charge on any atom is -0.459 e. The van der Waals surface area contributed by atoms with Crippen LogP contribution >= 0.6 is 0 Å². The molecule has 2 aromatic carbocycles. The largest absolute Gasteiger partial charge is 0.459 e. The van der Waals surface area contributed by atoms with E-state index in [0.717, 1.165) is 11.1 Å². The van der Waals surface area contributed by atoms with Gasteiger partial charge in [0.1, 0.15) is 19.3 Å². The molecule has 0 heterocycles. The van der Waals surface area contributed by atoms with Crippen LogP contribution in [0.3, 0.4) is 0 Å². The molecule has 0 radical (unpaired) electrons. The van der Waals surface area contributed by atoms with Crippen LogP contribution < -0.4 is 16.0 Å². The minimum absolute atomic E-state index is 0.00110. The summed E-state index contributed by atoms with van der Waals surface area (Å²) in [5.74, 6) is 3.69. The lowest BCUT2D eigenvalue weighted by Crippen LogP contribution is -2.44. The van der Waals surface area contributed by atoms with Gasteiger partial charge in [0.2, 0.25) is 10.0 Å². The molecular weight excluding hydrogens is 398 g/mol. The monoisotopic (exact) mass is 421 g/mol. The molecule has 2 aromatic rings. The third-order valence-corrected chi connectivity index (χ3v) is 5.00. The Kier molecular flexibility index (Phi) is 8.59. The first-order valence-corrected chi connectivity index (χ1v) is 10.4. The first kappa shape index (κ1) is 22.3. The molecule has 156 valence electrons. The van der Waals surface area contributed by atoms with Crippen LogP contribution in [-0.4, -0.2) is 32.3 Å². The highest BCUT2D eigenvalue weighted by molar-refractivity contribution is 7.89. The number of hydrogen-bond acceptors (Lipinski definition) is 7. The van der Waals surface area contributed by atoms with Crippen molar-refractivity contribution in [1.82, 2.24) is 10.1 Å². The molecule has 4 N–H and O–H groups in total. The summed E-state index contributed by atoms with van der Waals surface area (Å²) in [6.45, 7) is -0.0140. The Morgan fingerprint density at radius 2 is 1.41 bits per heavy atom. The van der Waals surface area contributed by atoms with Crippen LogP contribution in [0.2, 0.25) is 0 Å². The fourth-order valence-corrected chi connectivity index (χ4v) is 2.98. The van der Waals surface area contributed by atoms with E-state index in [-0.39, 0.29) is 19.6 Å². The predicted octanol–water partition coefficient (Wildman–Crippen LogP) is 1.21. The number of hydrogen-bond donors (Lipinski definition) is 3. The number of carbonyl (C=O) groups excluding carboxylic acids is 2. The third kappa shape index (κ3) is 8.30. The van der Waals surface area contributed by atoms with Gasteiger partial charge in [-0.25, -0.2) is 18.0 Å². The number of hydrazine groups is 1. The molecule has 10 heteroatoms. The van der Waals surface area contributed by atoms with Crippen LogP contribution in [0.1, 0.15) is 17.5 Å². The summed E-state index contributed by atoms with van der Waals surface area (Å²) in [5.41, 5.74) is 1.52. The standard InChI is InChI=1S/C19H23N3O6S/c20-22-29(25,26)12-11-17(18(23)27-13-15-7-3-1-4-8-15)21-19(24)28-14-16-9-5-2-6-10-16/h1-10,17,22H,11-14,20H2,(H,21,24). The Morgan fingerprint density at radius 1 is 0.897 bits per heavy atom. The van der Waals surface area contributed by atoms with Gasteiger partial charge < -0.3 is 14.8 Å². The second-order valence-electron chi connectivity index (χ2n) is 6.08. The van der Waals surface area contributed by atoms with Crippen molar-refractivity contribution in [1.29, 1.82) is 0 Å². The van der Waals surface area contributed by atoms with Crippen LogP contribution in [0.15, 0.2) is 60.7 Å². The molecule has 0 saturated heterocycles. The van der Waals surface area contributed by atoms with Gasteiger partial charge in [0.05, 0.1) is 5.75 Å². The maximum absolute atomic E-state index is 12.4. The summed E-state index contributed by atoms with van der Waals surface area (Å²) >= 11 is 0. The first-order chi connectivity index (χ1) is 13.9. The van der Waals surface area contributed by atoms with E-state index in [9.17, 15) is 18.0 Å². The van der Waals surface area contributed by atoms with E-state index in [2.05, 4.69) is 5.32 Å². The van der Waals surface area contributed by atoms with Crippen molar-refractivity contribution in [2.24, 2.45) is 5.84 Å². The highest BCUT2D eigenvalue weighted by atomic mass is 32.2. The third-order valence-electron chi connectivity index (χ3n) is 3.87. The van der Waals surface area contributed by atoms with Crippen LogP contribution in [0.5, 0.6) is 0 Å². The van der Waals surface area contributed by atoms with Gasteiger partial charge in [-0.3, -0.25) is 5.84 Å². The summed E-state index contributed by atoms with van der Waals surface area (Å²) in [6, 6.07) is 16.7. The fraction of sp³-hybridized carbons (Fsp3) is 0.263. The van der Waals surface area contributed by atoms with E-state index in [4.69, 9.17) is 15.3 Å². The zero-order valence-electron chi connectivity index (χ0n) is 15.6. The van der Waals surface area contributed by atoms with E-state index in [1.165, 1.54) is 0 Å². The van der Waals surface area contributed by atoms with Crippen LogP contribution in [0.25, 0.3) is 0 Å². The average Bonchev–Trinajstić information content (AvgIpc) is 2.75. The van der Waals surface area contributed by atoms with E-state index < -0.39 is 33.9 Å². The minimum atomic E-state index is -3.78. The van der Waals surface area contributed by atoms with Crippen molar-refractivity contribution >= 4 is 22.1 Å². The lowest BCUT2D eigenvalue weighted by atomic mass is 10.2. The smallest absolute Gasteiger partial charge is 0.408 e. The maximum atomic E-state index is 12.4. The summed E-state index contributed by atoms with van der Waals surface area (Å²) in [4.78, 5) is 26.1. The number of benzene rings is 2. The second-order valence-corrected chi connectivity index (χ2v) is 7.95. The van der Waals surface area contributed by atoms with Crippen molar-refractivity contribution in [3.63, 3.8) is 0 Å². The van der Waals surface area contributed by atoms with Gasteiger partial charge in [-0.15, -0.1) is 0 Å². The molecule has 0 fully saturated rings. The van der Waals surface area contributed by atoms with Crippen LogP contribution in [-0.2, 0) is 37.5 Å². The number of ether oxygens (including phenoxy) is 2. The van der Waals surface area contributed by atoms with E-state index >= 15 is 0 Å².